The van der Waals surface area contributed by atoms with Gasteiger partial charge in [-0.25, -0.2) is 4.79 Å². The van der Waals surface area contributed by atoms with Crippen molar-refractivity contribution in [1.29, 1.82) is 0 Å². The number of hydrogen-bond acceptors (Lipinski definition) is 4. The van der Waals surface area contributed by atoms with Gasteiger partial charge in [-0.2, -0.15) is 13.8 Å². The van der Waals surface area contributed by atoms with E-state index in [2.05, 4.69) is 37.2 Å². The van der Waals surface area contributed by atoms with E-state index < -0.39 is 17.7 Å². The Labute approximate surface area is 126 Å². The summed E-state index contributed by atoms with van der Waals surface area (Å²) in [5, 5.41) is 11.9. The monoisotopic (exact) mass is 358 g/mol. The Kier molecular flexibility index (Phi) is 4.17. The molecule has 5 nitrogen and oxygen atoms in total. The Hall–Kier alpha value is -2.09. The molecule has 0 unspecified atom stereocenters. The molecule has 0 atom stereocenters. The van der Waals surface area contributed by atoms with Crippen molar-refractivity contribution >= 4 is 21.9 Å². The topological polar surface area (TPSA) is 76.2 Å². The van der Waals surface area contributed by atoms with Gasteiger partial charge in [0.25, 0.3) is 0 Å². The average molecular weight is 359 g/mol. The molecular weight excluding hydrogens is 350 g/mol. The van der Waals surface area contributed by atoms with Crippen molar-refractivity contribution in [2.45, 2.75) is 12.3 Å². The maximum Gasteiger partial charge on any atom is 0.335 e. The van der Waals surface area contributed by atoms with Crippen molar-refractivity contribution in [2.75, 3.05) is 0 Å². The molecule has 0 bridgehead atoms. The van der Waals surface area contributed by atoms with Gasteiger partial charge < -0.3 is 9.63 Å². The summed E-state index contributed by atoms with van der Waals surface area (Å²) in [6.45, 7) is 3.27. The third-order valence-corrected chi connectivity index (χ3v) is 3.15. The summed E-state index contributed by atoms with van der Waals surface area (Å²) in [5.74, 6) is -5.74. The van der Waals surface area contributed by atoms with Gasteiger partial charge in [-0.1, -0.05) is 39.8 Å². The minimum absolute atomic E-state index is 0.225. The number of benzene rings is 1. The highest BCUT2D eigenvalue weighted by Crippen LogP contribution is 2.34. The van der Waals surface area contributed by atoms with Gasteiger partial charge in [0.2, 0.25) is 11.7 Å². The first-order valence-electron chi connectivity index (χ1n) is 5.68. The molecule has 2 rings (SSSR count). The van der Waals surface area contributed by atoms with Crippen molar-refractivity contribution < 1.29 is 23.2 Å². The average Bonchev–Trinajstić information content (AvgIpc) is 2.88. The van der Waals surface area contributed by atoms with Crippen LogP contribution in [0.15, 0.2) is 45.4 Å². The predicted octanol–water partition coefficient (Wildman–Crippen LogP) is 3.16. The largest absolute Gasteiger partial charge is 0.478 e. The summed E-state index contributed by atoms with van der Waals surface area (Å²) in [5.41, 5.74) is -0.521. The van der Waals surface area contributed by atoms with E-state index >= 15 is 0 Å². The van der Waals surface area contributed by atoms with Gasteiger partial charge in [0.15, 0.2) is 0 Å². The Balaban J connectivity index is 2.25. The van der Waals surface area contributed by atoms with Crippen molar-refractivity contribution in [3.63, 3.8) is 0 Å². The van der Waals surface area contributed by atoms with Crippen LogP contribution in [-0.2, 0) is 17.1 Å². The fourth-order valence-electron chi connectivity index (χ4n) is 1.50. The van der Waals surface area contributed by atoms with E-state index in [9.17, 15) is 13.6 Å². The van der Waals surface area contributed by atoms with E-state index in [1.165, 1.54) is 24.3 Å². The van der Waals surface area contributed by atoms with Crippen LogP contribution in [0.5, 0.6) is 0 Å². The lowest BCUT2D eigenvalue weighted by molar-refractivity contribution is -0.132. The summed E-state index contributed by atoms with van der Waals surface area (Å²) in [4.78, 5) is 14.2. The number of aliphatic carboxylic acids is 1. The first-order chi connectivity index (χ1) is 9.80. The highest BCUT2D eigenvalue weighted by molar-refractivity contribution is 9.10. The normalized spacial score (nSPS) is 11.4. The molecule has 110 valence electrons. The number of alkyl halides is 2. The molecule has 0 saturated heterocycles. The lowest BCUT2D eigenvalue weighted by atomic mass is 10.1. The number of rotatable bonds is 5. The number of carbonyl (C=O) groups is 1. The lowest BCUT2D eigenvalue weighted by Crippen LogP contribution is -2.17. The zero-order valence-corrected chi connectivity index (χ0v) is 12.1. The van der Waals surface area contributed by atoms with E-state index in [0.717, 1.165) is 0 Å². The third kappa shape index (κ3) is 3.33. The van der Waals surface area contributed by atoms with Gasteiger partial charge in [-0.05, 0) is 12.1 Å². The molecule has 2 aromatic rings. The van der Waals surface area contributed by atoms with Crippen LogP contribution in [0.3, 0.4) is 0 Å². The van der Waals surface area contributed by atoms with E-state index in [4.69, 9.17) is 5.11 Å². The molecule has 0 spiro atoms. The lowest BCUT2D eigenvalue weighted by Gasteiger charge is -2.12. The van der Waals surface area contributed by atoms with Crippen LogP contribution in [0, 0.1) is 0 Å². The third-order valence-electron chi connectivity index (χ3n) is 2.62. The number of nitrogens with zero attached hydrogens (tertiary/aromatic N) is 2. The molecule has 21 heavy (non-hydrogen) atoms. The van der Waals surface area contributed by atoms with E-state index in [-0.39, 0.29) is 23.4 Å². The molecule has 1 heterocycles. The first-order valence-corrected chi connectivity index (χ1v) is 6.48. The Bertz CT molecular complexity index is 683. The van der Waals surface area contributed by atoms with Crippen molar-refractivity contribution in [3.05, 3.63) is 58.2 Å². The van der Waals surface area contributed by atoms with Crippen molar-refractivity contribution in [1.82, 2.24) is 10.1 Å². The van der Waals surface area contributed by atoms with E-state index in [1.54, 1.807) is 0 Å². The number of carboxylic acids is 1. The van der Waals surface area contributed by atoms with E-state index in [1.807, 2.05) is 0 Å². The molecular formula is C13H9BrF2N2O3. The molecule has 0 amide bonds. The molecule has 1 N–H and O–H groups in total. The van der Waals surface area contributed by atoms with Crippen LogP contribution in [0.25, 0.3) is 0 Å². The maximum absolute atomic E-state index is 14.2. The van der Waals surface area contributed by atoms with Crippen LogP contribution in [0.4, 0.5) is 8.78 Å². The van der Waals surface area contributed by atoms with E-state index in [0.29, 0.717) is 4.47 Å². The second-order valence-corrected chi connectivity index (χ2v) is 5.09. The number of halogens is 3. The fraction of sp³-hybridized carbons (Fsp3) is 0.154. The first kappa shape index (κ1) is 15.3. The zero-order chi connectivity index (χ0) is 15.6. The summed E-state index contributed by atoms with van der Waals surface area (Å²) >= 11 is 3.15. The van der Waals surface area contributed by atoms with Crippen LogP contribution >= 0.6 is 15.9 Å². The molecule has 0 saturated carbocycles. The number of hydrogen-bond donors (Lipinski definition) is 1. The Morgan fingerprint density at radius 1 is 1.38 bits per heavy atom. The standard InChI is InChI=1S/C13H9BrF2N2O3/c1-7(11(19)20)6-10-17-12(18-21-10)13(15,16)8-2-4-9(14)5-3-8/h2-5H,1,6H2,(H,19,20). The molecule has 0 aliphatic rings. The highest BCUT2D eigenvalue weighted by Gasteiger charge is 2.39. The van der Waals surface area contributed by atoms with Crippen LogP contribution in [0.1, 0.15) is 17.3 Å². The molecule has 0 aliphatic carbocycles. The van der Waals surface area contributed by atoms with Crippen LogP contribution in [-0.4, -0.2) is 21.2 Å². The molecule has 0 radical (unpaired) electrons. The van der Waals surface area contributed by atoms with Gasteiger partial charge in [0, 0.05) is 15.6 Å². The quantitative estimate of drug-likeness (QED) is 0.830. The summed E-state index contributed by atoms with van der Waals surface area (Å²) < 4.78 is 33.7. The maximum atomic E-state index is 14.2. The van der Waals surface area contributed by atoms with Gasteiger partial charge in [-0.3, -0.25) is 0 Å². The van der Waals surface area contributed by atoms with Crippen molar-refractivity contribution in [2.24, 2.45) is 0 Å². The SMILES string of the molecule is C=C(Cc1nc(C(F)(F)c2ccc(Br)cc2)no1)C(=O)O. The molecule has 1 aromatic carbocycles. The molecule has 8 heteroatoms. The minimum atomic E-state index is -3.44. The molecule has 1 aromatic heterocycles. The van der Waals surface area contributed by atoms with Crippen LogP contribution < -0.4 is 0 Å². The Morgan fingerprint density at radius 2 is 2.00 bits per heavy atom. The molecule has 0 aliphatic heterocycles. The second-order valence-electron chi connectivity index (χ2n) is 4.18. The number of carboxylic acid groups (broad SMARTS) is 1. The van der Waals surface area contributed by atoms with Crippen LogP contribution in [0.2, 0.25) is 0 Å². The summed E-state index contributed by atoms with van der Waals surface area (Å²) in [7, 11) is 0. The smallest absolute Gasteiger partial charge is 0.335 e. The predicted molar refractivity (Wildman–Crippen MR) is 71.9 cm³/mol. The van der Waals surface area contributed by atoms with Gasteiger partial charge in [0.05, 0.1) is 6.42 Å². The molecule has 0 fully saturated rings. The summed E-state index contributed by atoms with van der Waals surface area (Å²) in [6.07, 6.45) is -0.293. The fourth-order valence-corrected chi connectivity index (χ4v) is 1.77. The van der Waals surface area contributed by atoms with Gasteiger partial charge in [0.1, 0.15) is 0 Å². The highest BCUT2D eigenvalue weighted by atomic mass is 79.9. The van der Waals surface area contributed by atoms with Crippen molar-refractivity contribution in [3.8, 4) is 0 Å². The van der Waals surface area contributed by atoms with Gasteiger partial charge in [-0.15, -0.1) is 0 Å². The minimum Gasteiger partial charge on any atom is -0.478 e. The Morgan fingerprint density at radius 3 is 2.57 bits per heavy atom. The number of aromatic nitrogens is 2. The van der Waals surface area contributed by atoms with Gasteiger partial charge >= 0.3 is 11.9 Å². The second kappa shape index (κ2) is 5.72. The summed E-state index contributed by atoms with van der Waals surface area (Å²) in [6, 6.07) is 5.40. The zero-order valence-electron chi connectivity index (χ0n) is 10.5.